The van der Waals surface area contributed by atoms with Gasteiger partial charge in [0.1, 0.15) is 24.3 Å². The molecule has 1 heterocycles. The monoisotopic (exact) mass is 270 g/mol. The van der Waals surface area contributed by atoms with E-state index in [1.165, 1.54) is 11.9 Å². The number of carbonyl (C=O) groups excluding carboxylic acids is 2. The number of hydrogen-bond acceptors (Lipinski definition) is 3. The average Bonchev–Trinajstić information content (AvgIpc) is 2.59. The van der Waals surface area contributed by atoms with Gasteiger partial charge in [0.05, 0.1) is 6.54 Å². The zero-order valence-corrected chi connectivity index (χ0v) is 10.1. The topological polar surface area (TPSA) is 60.9 Å². The summed E-state index contributed by atoms with van der Waals surface area (Å²) in [6.45, 7) is -0.487. The van der Waals surface area contributed by atoms with Gasteiger partial charge >= 0.3 is 6.03 Å². The van der Waals surface area contributed by atoms with Crippen LogP contribution in [0.4, 0.5) is 13.6 Å². The zero-order chi connectivity index (χ0) is 14.2. The van der Waals surface area contributed by atoms with Crippen LogP contribution in [-0.2, 0) is 4.79 Å². The third kappa shape index (κ3) is 2.55. The molecular weight excluding hydrogens is 258 g/mol. The molecule has 1 aliphatic rings. The lowest BCUT2D eigenvalue weighted by atomic mass is 10.1. The smallest absolute Gasteiger partial charge is 0.327 e. The summed E-state index contributed by atoms with van der Waals surface area (Å²) in [7, 11) is 1.44. The van der Waals surface area contributed by atoms with Crippen LogP contribution in [0.15, 0.2) is 18.2 Å². The van der Waals surface area contributed by atoms with E-state index in [0.29, 0.717) is 0 Å². The molecule has 3 amide bonds. The number of nitrogens with zero attached hydrogens (tertiary/aromatic N) is 2. The lowest BCUT2D eigenvalue weighted by Crippen LogP contribution is -2.35. The quantitative estimate of drug-likeness (QED) is 0.830. The Morgan fingerprint density at radius 2 is 2.05 bits per heavy atom. The predicted octanol–water partition coefficient (Wildman–Crippen LogP) is 0.892. The standard InChI is InChI=1S/C12H12F2N2O3/c1-15-6-11(18)16(12(15)19)5-10(17)8-4-7(13)2-3-9(8)14/h2-4,10,17H,5-6H2,1H3. The minimum absolute atomic E-state index is 0.0861. The second kappa shape index (κ2) is 4.93. The third-order valence-electron chi connectivity index (χ3n) is 2.90. The number of imide groups is 1. The minimum atomic E-state index is -1.46. The SMILES string of the molecule is CN1CC(=O)N(CC(O)c2cc(F)ccc2F)C1=O. The number of carbonyl (C=O) groups is 2. The van der Waals surface area contributed by atoms with Gasteiger partial charge in [0.15, 0.2) is 0 Å². The number of likely N-dealkylation sites (N-methyl/N-ethyl adjacent to an activating group) is 1. The van der Waals surface area contributed by atoms with E-state index in [-0.39, 0.29) is 12.1 Å². The molecule has 102 valence electrons. The van der Waals surface area contributed by atoms with Crippen molar-refractivity contribution in [2.45, 2.75) is 6.10 Å². The number of β-amino-alcohol motifs (C(OH)–C–C–N with tert-alkyl or cyclic N) is 1. The van der Waals surface area contributed by atoms with Gasteiger partial charge in [0.25, 0.3) is 0 Å². The van der Waals surface area contributed by atoms with Crippen LogP contribution in [-0.4, -0.2) is 47.0 Å². The van der Waals surface area contributed by atoms with Crippen LogP contribution >= 0.6 is 0 Å². The van der Waals surface area contributed by atoms with E-state index in [2.05, 4.69) is 0 Å². The number of benzene rings is 1. The van der Waals surface area contributed by atoms with Crippen molar-refractivity contribution in [3.63, 3.8) is 0 Å². The van der Waals surface area contributed by atoms with Gasteiger partial charge in [-0.25, -0.2) is 13.6 Å². The molecule has 5 nitrogen and oxygen atoms in total. The maximum Gasteiger partial charge on any atom is 0.327 e. The molecule has 2 rings (SSSR count). The van der Waals surface area contributed by atoms with Gasteiger partial charge in [0, 0.05) is 12.6 Å². The number of hydrogen-bond donors (Lipinski definition) is 1. The van der Waals surface area contributed by atoms with Gasteiger partial charge in [-0.2, -0.15) is 0 Å². The second-order valence-electron chi connectivity index (χ2n) is 4.32. The van der Waals surface area contributed by atoms with Crippen molar-refractivity contribution < 1.29 is 23.5 Å². The molecule has 1 N–H and O–H groups in total. The molecule has 0 aromatic heterocycles. The van der Waals surface area contributed by atoms with Gasteiger partial charge in [-0.05, 0) is 18.2 Å². The predicted molar refractivity (Wildman–Crippen MR) is 61.1 cm³/mol. The Kier molecular flexibility index (Phi) is 3.48. The number of urea groups is 1. The molecule has 7 heteroatoms. The molecule has 0 aliphatic carbocycles. The molecular formula is C12H12F2N2O3. The second-order valence-corrected chi connectivity index (χ2v) is 4.32. The van der Waals surface area contributed by atoms with Crippen LogP contribution in [0.1, 0.15) is 11.7 Å². The van der Waals surface area contributed by atoms with Crippen molar-refractivity contribution in [3.05, 3.63) is 35.4 Å². The molecule has 1 aliphatic heterocycles. The van der Waals surface area contributed by atoms with Crippen LogP contribution in [0.2, 0.25) is 0 Å². The summed E-state index contributed by atoms with van der Waals surface area (Å²) in [4.78, 5) is 25.1. The lowest BCUT2D eigenvalue weighted by molar-refractivity contribution is -0.126. The molecule has 1 atom stereocenters. The van der Waals surface area contributed by atoms with Crippen molar-refractivity contribution in [1.82, 2.24) is 9.80 Å². The van der Waals surface area contributed by atoms with Crippen LogP contribution in [0, 0.1) is 11.6 Å². The Labute approximate surface area is 108 Å². The number of halogens is 2. The molecule has 1 saturated heterocycles. The first-order chi connectivity index (χ1) is 8.90. The number of amides is 3. The highest BCUT2D eigenvalue weighted by Crippen LogP contribution is 2.21. The Morgan fingerprint density at radius 1 is 1.37 bits per heavy atom. The Balaban J connectivity index is 2.17. The summed E-state index contributed by atoms with van der Waals surface area (Å²) in [6.07, 6.45) is -1.46. The Morgan fingerprint density at radius 3 is 2.63 bits per heavy atom. The summed E-state index contributed by atoms with van der Waals surface area (Å²) in [5.74, 6) is -1.98. The molecule has 0 spiro atoms. The van der Waals surface area contributed by atoms with Crippen LogP contribution in [0.3, 0.4) is 0 Å². The third-order valence-corrected chi connectivity index (χ3v) is 2.90. The zero-order valence-electron chi connectivity index (χ0n) is 10.1. The van der Waals surface area contributed by atoms with Gasteiger partial charge in [-0.1, -0.05) is 0 Å². The molecule has 19 heavy (non-hydrogen) atoms. The summed E-state index contributed by atoms with van der Waals surface area (Å²) in [5.41, 5.74) is -0.282. The van der Waals surface area contributed by atoms with Crippen molar-refractivity contribution in [1.29, 1.82) is 0 Å². The maximum atomic E-state index is 13.4. The van der Waals surface area contributed by atoms with Crippen LogP contribution in [0.5, 0.6) is 0 Å². The summed E-state index contributed by atoms with van der Waals surface area (Å²) in [6, 6.07) is 2.08. The maximum absolute atomic E-state index is 13.4. The van der Waals surface area contributed by atoms with Crippen LogP contribution in [0.25, 0.3) is 0 Å². The van der Waals surface area contributed by atoms with E-state index in [1.807, 2.05) is 0 Å². The summed E-state index contributed by atoms with van der Waals surface area (Å²) >= 11 is 0. The van der Waals surface area contributed by atoms with Gasteiger partial charge in [-0.3, -0.25) is 9.69 Å². The van der Waals surface area contributed by atoms with Crippen molar-refractivity contribution in [2.75, 3.05) is 20.1 Å². The number of rotatable bonds is 3. The Hall–Kier alpha value is -2.02. The van der Waals surface area contributed by atoms with Crippen molar-refractivity contribution >= 4 is 11.9 Å². The first-order valence-corrected chi connectivity index (χ1v) is 5.58. The van der Waals surface area contributed by atoms with E-state index in [4.69, 9.17) is 0 Å². The first-order valence-electron chi connectivity index (χ1n) is 5.58. The van der Waals surface area contributed by atoms with Gasteiger partial charge in [0.2, 0.25) is 5.91 Å². The van der Waals surface area contributed by atoms with E-state index in [1.54, 1.807) is 0 Å². The normalized spacial score (nSPS) is 17.3. The van der Waals surface area contributed by atoms with E-state index in [0.717, 1.165) is 23.1 Å². The number of aliphatic hydroxyl groups is 1. The average molecular weight is 270 g/mol. The summed E-state index contributed by atoms with van der Waals surface area (Å²) < 4.78 is 26.4. The molecule has 0 saturated carbocycles. The Bertz CT molecular complexity index is 536. The first kappa shape index (κ1) is 13.4. The highest BCUT2D eigenvalue weighted by molar-refractivity contribution is 6.01. The molecule has 1 fully saturated rings. The molecule has 0 radical (unpaired) electrons. The van der Waals surface area contributed by atoms with Gasteiger partial charge < -0.3 is 10.0 Å². The lowest BCUT2D eigenvalue weighted by Gasteiger charge is -2.19. The van der Waals surface area contributed by atoms with E-state index >= 15 is 0 Å². The molecule has 0 bridgehead atoms. The molecule has 1 aromatic rings. The largest absolute Gasteiger partial charge is 0.386 e. The molecule has 1 aromatic carbocycles. The van der Waals surface area contributed by atoms with E-state index in [9.17, 15) is 23.5 Å². The van der Waals surface area contributed by atoms with Crippen molar-refractivity contribution in [2.24, 2.45) is 0 Å². The fourth-order valence-electron chi connectivity index (χ4n) is 1.89. The fraction of sp³-hybridized carbons (Fsp3) is 0.333. The summed E-state index contributed by atoms with van der Waals surface area (Å²) in [5, 5.41) is 9.84. The highest BCUT2D eigenvalue weighted by atomic mass is 19.1. The van der Waals surface area contributed by atoms with Crippen molar-refractivity contribution in [3.8, 4) is 0 Å². The van der Waals surface area contributed by atoms with Gasteiger partial charge in [-0.15, -0.1) is 0 Å². The minimum Gasteiger partial charge on any atom is -0.386 e. The molecule has 1 unspecified atom stereocenters. The van der Waals surface area contributed by atoms with Crippen LogP contribution < -0.4 is 0 Å². The highest BCUT2D eigenvalue weighted by Gasteiger charge is 2.35. The fourth-order valence-corrected chi connectivity index (χ4v) is 1.89. The van der Waals surface area contributed by atoms with E-state index < -0.39 is 36.2 Å². The number of aliphatic hydroxyl groups excluding tert-OH is 1.